The molecule has 0 radical (unpaired) electrons. The maximum atomic E-state index is 11.9. The molecule has 0 unspecified atom stereocenters. The third kappa shape index (κ3) is 3.57. The van der Waals surface area contributed by atoms with Crippen LogP contribution in [0.4, 0.5) is 5.82 Å². The Labute approximate surface area is 126 Å². The molecular weight excluding hydrogens is 266 g/mol. The number of rotatable bonds is 5. The minimum absolute atomic E-state index is 0.276. The SMILES string of the molecule is CCOC(=O)c1nc(CC)n(CC2CCC(C)CC2)c1N. The second-order valence-corrected chi connectivity index (χ2v) is 6.07. The van der Waals surface area contributed by atoms with E-state index in [1.54, 1.807) is 6.92 Å². The summed E-state index contributed by atoms with van der Waals surface area (Å²) in [7, 11) is 0. The summed E-state index contributed by atoms with van der Waals surface area (Å²) in [6, 6.07) is 0. The molecule has 1 aromatic rings. The lowest BCUT2D eigenvalue weighted by Gasteiger charge is -2.27. The number of carbonyl (C=O) groups is 1. The molecule has 0 saturated heterocycles. The van der Waals surface area contributed by atoms with Crippen molar-refractivity contribution >= 4 is 11.8 Å². The quantitative estimate of drug-likeness (QED) is 0.847. The molecule has 0 bridgehead atoms. The smallest absolute Gasteiger partial charge is 0.360 e. The lowest BCUT2D eigenvalue weighted by molar-refractivity contribution is 0.0521. The average molecular weight is 293 g/mol. The molecule has 1 aliphatic carbocycles. The molecule has 0 aromatic carbocycles. The first-order chi connectivity index (χ1) is 10.1. The molecule has 1 saturated carbocycles. The van der Waals surface area contributed by atoms with Crippen LogP contribution in [0.3, 0.4) is 0 Å². The van der Waals surface area contributed by atoms with Gasteiger partial charge < -0.3 is 15.0 Å². The van der Waals surface area contributed by atoms with Crippen molar-refractivity contribution in [2.75, 3.05) is 12.3 Å². The van der Waals surface area contributed by atoms with E-state index in [4.69, 9.17) is 10.5 Å². The second-order valence-electron chi connectivity index (χ2n) is 6.07. The monoisotopic (exact) mass is 293 g/mol. The lowest BCUT2D eigenvalue weighted by Crippen LogP contribution is -2.20. The number of hydrogen-bond donors (Lipinski definition) is 1. The maximum absolute atomic E-state index is 11.9. The fourth-order valence-electron chi connectivity index (χ4n) is 3.11. The fraction of sp³-hybridized carbons (Fsp3) is 0.750. The first-order valence-corrected chi connectivity index (χ1v) is 8.08. The van der Waals surface area contributed by atoms with Gasteiger partial charge in [0.05, 0.1) is 6.61 Å². The van der Waals surface area contributed by atoms with Crippen molar-refractivity contribution in [3.63, 3.8) is 0 Å². The molecule has 0 atom stereocenters. The van der Waals surface area contributed by atoms with E-state index in [-0.39, 0.29) is 5.69 Å². The van der Waals surface area contributed by atoms with Gasteiger partial charge >= 0.3 is 5.97 Å². The Morgan fingerprint density at radius 3 is 2.57 bits per heavy atom. The molecule has 0 spiro atoms. The van der Waals surface area contributed by atoms with E-state index < -0.39 is 5.97 Å². The molecule has 2 rings (SSSR count). The molecule has 118 valence electrons. The number of ether oxygens (including phenoxy) is 1. The molecule has 0 aliphatic heterocycles. The van der Waals surface area contributed by atoms with Crippen LogP contribution in [0.1, 0.15) is 62.8 Å². The molecule has 21 heavy (non-hydrogen) atoms. The number of nitrogen functional groups attached to an aromatic ring is 1. The minimum Gasteiger partial charge on any atom is -0.461 e. The van der Waals surface area contributed by atoms with Gasteiger partial charge in [0.1, 0.15) is 11.6 Å². The zero-order valence-electron chi connectivity index (χ0n) is 13.4. The number of esters is 1. The topological polar surface area (TPSA) is 70.1 Å². The predicted molar refractivity (Wildman–Crippen MR) is 83.1 cm³/mol. The average Bonchev–Trinajstić information content (AvgIpc) is 2.78. The number of nitrogens with zero attached hydrogens (tertiary/aromatic N) is 2. The maximum Gasteiger partial charge on any atom is 0.360 e. The summed E-state index contributed by atoms with van der Waals surface area (Å²) in [5, 5.41) is 0. The summed E-state index contributed by atoms with van der Waals surface area (Å²) in [5.74, 6) is 2.40. The van der Waals surface area contributed by atoms with Crippen molar-refractivity contribution in [1.82, 2.24) is 9.55 Å². The largest absolute Gasteiger partial charge is 0.461 e. The van der Waals surface area contributed by atoms with Crippen LogP contribution in [0, 0.1) is 11.8 Å². The Balaban J connectivity index is 2.16. The molecule has 2 N–H and O–H groups in total. The summed E-state index contributed by atoms with van der Waals surface area (Å²) < 4.78 is 7.05. The number of imidazole rings is 1. The molecule has 1 fully saturated rings. The van der Waals surface area contributed by atoms with Crippen molar-refractivity contribution in [3.05, 3.63) is 11.5 Å². The van der Waals surface area contributed by atoms with Crippen LogP contribution in [-0.4, -0.2) is 22.1 Å². The minimum atomic E-state index is -0.416. The van der Waals surface area contributed by atoms with E-state index in [1.165, 1.54) is 25.7 Å². The lowest BCUT2D eigenvalue weighted by atomic mass is 9.83. The zero-order chi connectivity index (χ0) is 15.4. The summed E-state index contributed by atoms with van der Waals surface area (Å²) in [6.07, 6.45) is 5.80. The number of nitrogens with two attached hydrogens (primary N) is 1. The van der Waals surface area contributed by atoms with Gasteiger partial charge in [-0.3, -0.25) is 0 Å². The first kappa shape index (κ1) is 15.9. The standard InChI is InChI=1S/C16H27N3O2/c1-4-13-18-14(16(20)21-5-2)15(17)19(13)10-12-8-6-11(3)7-9-12/h11-12H,4-10,17H2,1-3H3. The van der Waals surface area contributed by atoms with Crippen LogP contribution < -0.4 is 5.73 Å². The van der Waals surface area contributed by atoms with E-state index in [2.05, 4.69) is 11.9 Å². The number of anilines is 1. The highest BCUT2D eigenvalue weighted by atomic mass is 16.5. The number of carbonyl (C=O) groups excluding carboxylic acids is 1. The highest BCUT2D eigenvalue weighted by Gasteiger charge is 2.24. The highest BCUT2D eigenvalue weighted by Crippen LogP contribution is 2.30. The van der Waals surface area contributed by atoms with Crippen molar-refractivity contribution in [2.45, 2.75) is 59.4 Å². The van der Waals surface area contributed by atoms with E-state index in [0.29, 0.717) is 18.3 Å². The molecule has 1 aromatic heterocycles. The van der Waals surface area contributed by atoms with Crippen molar-refractivity contribution in [2.24, 2.45) is 11.8 Å². The van der Waals surface area contributed by atoms with Crippen LogP contribution in [0.15, 0.2) is 0 Å². The Morgan fingerprint density at radius 2 is 2.00 bits per heavy atom. The third-order valence-corrected chi connectivity index (χ3v) is 4.45. The Hall–Kier alpha value is -1.52. The number of aromatic nitrogens is 2. The predicted octanol–water partition coefficient (Wildman–Crippen LogP) is 3.03. The summed E-state index contributed by atoms with van der Waals surface area (Å²) >= 11 is 0. The van der Waals surface area contributed by atoms with Gasteiger partial charge in [0, 0.05) is 13.0 Å². The third-order valence-electron chi connectivity index (χ3n) is 4.45. The summed E-state index contributed by atoms with van der Waals surface area (Å²) in [6.45, 7) is 7.35. The van der Waals surface area contributed by atoms with Gasteiger partial charge in [-0.2, -0.15) is 0 Å². The van der Waals surface area contributed by atoms with Crippen LogP contribution in [0.2, 0.25) is 0 Å². The van der Waals surface area contributed by atoms with Crippen LogP contribution >= 0.6 is 0 Å². The highest BCUT2D eigenvalue weighted by molar-refractivity contribution is 5.92. The van der Waals surface area contributed by atoms with Crippen molar-refractivity contribution < 1.29 is 9.53 Å². The van der Waals surface area contributed by atoms with Gasteiger partial charge in [-0.15, -0.1) is 0 Å². The number of aryl methyl sites for hydroxylation is 1. The molecule has 5 heteroatoms. The molecule has 1 heterocycles. The van der Waals surface area contributed by atoms with Gasteiger partial charge in [-0.25, -0.2) is 9.78 Å². The van der Waals surface area contributed by atoms with Crippen LogP contribution in [0.25, 0.3) is 0 Å². The first-order valence-electron chi connectivity index (χ1n) is 8.08. The van der Waals surface area contributed by atoms with Gasteiger partial charge in [-0.1, -0.05) is 26.7 Å². The molecule has 0 amide bonds. The molecule has 1 aliphatic rings. The summed E-state index contributed by atoms with van der Waals surface area (Å²) in [4.78, 5) is 16.3. The van der Waals surface area contributed by atoms with Gasteiger partial charge in [0.25, 0.3) is 0 Å². The van der Waals surface area contributed by atoms with E-state index in [0.717, 1.165) is 24.7 Å². The zero-order valence-corrected chi connectivity index (χ0v) is 13.4. The van der Waals surface area contributed by atoms with Crippen molar-refractivity contribution in [3.8, 4) is 0 Å². The van der Waals surface area contributed by atoms with Crippen LogP contribution in [0.5, 0.6) is 0 Å². The van der Waals surface area contributed by atoms with Gasteiger partial charge in [0.15, 0.2) is 5.69 Å². The molecule has 5 nitrogen and oxygen atoms in total. The second kappa shape index (κ2) is 6.96. The Morgan fingerprint density at radius 1 is 1.33 bits per heavy atom. The number of hydrogen-bond acceptors (Lipinski definition) is 4. The van der Waals surface area contributed by atoms with Gasteiger partial charge in [0.2, 0.25) is 0 Å². The van der Waals surface area contributed by atoms with E-state index in [9.17, 15) is 4.79 Å². The fourth-order valence-corrected chi connectivity index (χ4v) is 3.11. The van der Waals surface area contributed by atoms with E-state index in [1.807, 2.05) is 11.5 Å². The summed E-state index contributed by atoms with van der Waals surface area (Å²) in [5.41, 5.74) is 6.43. The molecular formula is C16H27N3O2. The normalized spacial score (nSPS) is 22.2. The Bertz CT molecular complexity index is 488. The van der Waals surface area contributed by atoms with Crippen molar-refractivity contribution in [1.29, 1.82) is 0 Å². The van der Waals surface area contributed by atoms with Crippen LogP contribution in [-0.2, 0) is 17.7 Å². The van der Waals surface area contributed by atoms with Gasteiger partial charge in [-0.05, 0) is 31.6 Å². The Kier molecular flexibility index (Phi) is 5.26. The van der Waals surface area contributed by atoms with E-state index >= 15 is 0 Å².